The fourth-order valence-corrected chi connectivity index (χ4v) is 21.4. The summed E-state index contributed by atoms with van der Waals surface area (Å²) in [5.41, 5.74) is 34.7. The van der Waals surface area contributed by atoms with Gasteiger partial charge in [-0.2, -0.15) is 0 Å². The fourth-order valence-electron chi connectivity index (χ4n) is 20.2. The number of nitrogens with zero attached hydrogens (tertiary/aromatic N) is 8. The molecule has 0 spiro atoms. The van der Waals surface area contributed by atoms with E-state index in [9.17, 15) is 0 Å². The second-order valence-corrected chi connectivity index (χ2v) is 35.8. The quantitative estimate of drug-likeness (QED) is 0.109. The topological polar surface area (TPSA) is 71.3 Å². The van der Waals surface area contributed by atoms with Gasteiger partial charge in [-0.05, 0) is 198 Å². The van der Waals surface area contributed by atoms with Crippen molar-refractivity contribution in [2.24, 2.45) is 0 Å². The Kier molecular flexibility index (Phi) is 20.7. The Morgan fingerprint density at radius 2 is 0.460 bits per heavy atom. The molecule has 642 valence electrons. The van der Waals surface area contributed by atoms with Crippen LogP contribution in [0.4, 0.5) is 0 Å². The summed E-state index contributed by atoms with van der Waals surface area (Å²) in [5.74, 6) is 1.33. The third-order valence-corrected chi connectivity index (χ3v) is 28.0. The minimum atomic E-state index is 0.658. The first kappa shape index (κ1) is 81.0. The van der Waals surface area contributed by atoms with Gasteiger partial charge in [0.25, 0.3) is 0 Å². The van der Waals surface area contributed by atoms with Crippen molar-refractivity contribution in [2.75, 3.05) is 0 Å². The molecule has 27 aromatic rings. The van der Waals surface area contributed by atoms with Crippen molar-refractivity contribution in [1.29, 1.82) is 0 Å². The third kappa shape index (κ3) is 15.0. The summed E-state index contributed by atoms with van der Waals surface area (Å²) in [5, 5.41) is 12.4. The van der Waals surface area contributed by atoms with Gasteiger partial charge in [0.05, 0.1) is 55.5 Å². The second-order valence-electron chi connectivity index (χ2n) is 34.8. The predicted octanol–water partition coefficient (Wildman–Crippen LogP) is 34.1. The zero-order chi connectivity index (χ0) is 90.6. The predicted molar refractivity (Wildman–Crippen MR) is 575 cm³/mol. The van der Waals surface area contributed by atoms with Crippen LogP contribution in [0.3, 0.4) is 0 Å². The Morgan fingerprint density at radius 3 is 0.934 bits per heavy atom. The van der Waals surface area contributed by atoms with E-state index in [0.717, 1.165) is 55.8 Å². The first-order valence-electron chi connectivity index (χ1n) is 46.4. The Hall–Kier alpha value is -18.0. The maximum atomic E-state index is 5.18. The van der Waals surface area contributed by atoms with E-state index in [1.165, 1.54) is 174 Å². The standard InChI is InChI=1S/C48H32N2.C46H29N3S.C34H23N3/c1-2-12-33(13-3-1)34-24-26-35(27-25-34)36-14-10-15-37(30-36)38-16-11-17-39(31-38)49-47-23-9-6-20-43(47)44-32-40(28-29-48(44)49)50-45-21-7-4-18-41(45)42-19-5-8-22-46(42)50;1-2-10-30(11-3-1)33-12-8-13-34(28-33)31-20-22-32(23-21-31)41-26-27-47-46(48-41)49-42-18-6-4-14-37(42)38-25-24-35(29-43(38)49)36-16-9-17-40-39-15-5-7-19-44(39)50-45(36)40;1-2-9-24(10-3-1)25-17-19-26(20-18-25)27-11-8-12-28(23-27)31-21-22-35-34(36-31)37-32-15-6-4-13-29(32)30-14-5-7-16-33(30)37/h1-32H;1-29H;1-23H. The van der Waals surface area contributed by atoms with E-state index in [-0.39, 0.29) is 0 Å². The molecule has 0 aliphatic carbocycles. The molecular formula is C128H84N8S. The van der Waals surface area contributed by atoms with Crippen molar-refractivity contribution in [3.63, 3.8) is 0 Å². The maximum Gasteiger partial charge on any atom is 0.235 e. The lowest BCUT2D eigenvalue weighted by Crippen LogP contribution is -2.01. The highest BCUT2D eigenvalue weighted by molar-refractivity contribution is 7.26. The van der Waals surface area contributed by atoms with Gasteiger partial charge in [0, 0.05) is 98.2 Å². The normalized spacial score (nSPS) is 11.5. The highest BCUT2D eigenvalue weighted by Gasteiger charge is 2.23. The van der Waals surface area contributed by atoms with Crippen LogP contribution < -0.4 is 0 Å². The van der Waals surface area contributed by atoms with Crippen LogP contribution in [0.15, 0.2) is 510 Å². The number of aromatic nitrogens is 8. The summed E-state index contributed by atoms with van der Waals surface area (Å²) < 4.78 is 11.8. The number of hydrogen-bond donors (Lipinski definition) is 0. The van der Waals surface area contributed by atoms with E-state index in [4.69, 9.17) is 15.0 Å². The molecule has 137 heavy (non-hydrogen) atoms. The molecule has 0 atom stereocenters. The number of hydrogen-bond acceptors (Lipinski definition) is 5. The minimum Gasteiger partial charge on any atom is -0.309 e. The van der Waals surface area contributed by atoms with E-state index in [1.54, 1.807) is 0 Å². The summed E-state index contributed by atoms with van der Waals surface area (Å²) in [6.45, 7) is 0. The molecule has 7 heterocycles. The van der Waals surface area contributed by atoms with Gasteiger partial charge in [-0.1, -0.05) is 388 Å². The van der Waals surface area contributed by atoms with Gasteiger partial charge in [0.1, 0.15) is 0 Å². The number of benzene rings is 20. The lowest BCUT2D eigenvalue weighted by molar-refractivity contribution is 0.992. The molecule has 0 saturated heterocycles. The van der Waals surface area contributed by atoms with Crippen molar-refractivity contribution >= 4 is 119 Å². The molecule has 20 aromatic carbocycles. The Labute approximate surface area is 795 Å². The monoisotopic (exact) mass is 1760 g/mol. The zero-order valence-corrected chi connectivity index (χ0v) is 75.3. The van der Waals surface area contributed by atoms with Crippen molar-refractivity contribution in [2.45, 2.75) is 0 Å². The van der Waals surface area contributed by atoms with Crippen LogP contribution in [0.2, 0.25) is 0 Å². The number of fused-ring (bicyclic) bond motifs is 15. The molecule has 0 fully saturated rings. The lowest BCUT2D eigenvalue weighted by atomic mass is 9.97. The maximum absolute atomic E-state index is 5.18. The molecule has 0 radical (unpaired) electrons. The Balaban J connectivity index is 0.000000111. The van der Waals surface area contributed by atoms with Crippen LogP contribution in [0.5, 0.6) is 0 Å². The van der Waals surface area contributed by atoms with E-state index in [0.29, 0.717) is 11.9 Å². The number of para-hydroxylation sites is 6. The van der Waals surface area contributed by atoms with Gasteiger partial charge < -0.3 is 9.13 Å². The third-order valence-electron chi connectivity index (χ3n) is 26.7. The molecule has 0 aliphatic rings. The summed E-state index contributed by atoms with van der Waals surface area (Å²) in [7, 11) is 0. The first-order valence-corrected chi connectivity index (χ1v) is 47.3. The van der Waals surface area contributed by atoms with Crippen molar-refractivity contribution < 1.29 is 0 Å². The van der Waals surface area contributed by atoms with Crippen LogP contribution in [-0.2, 0) is 0 Å². The van der Waals surface area contributed by atoms with Gasteiger partial charge in [0.15, 0.2) is 0 Å². The second kappa shape index (κ2) is 34.9. The average molecular weight is 1770 g/mol. The molecule has 7 aromatic heterocycles. The van der Waals surface area contributed by atoms with Crippen LogP contribution in [0, 0.1) is 0 Å². The highest BCUT2D eigenvalue weighted by Crippen LogP contribution is 2.45. The smallest absolute Gasteiger partial charge is 0.235 e. The van der Waals surface area contributed by atoms with Gasteiger partial charge >= 0.3 is 0 Å². The molecule has 0 saturated carbocycles. The van der Waals surface area contributed by atoms with E-state index in [1.807, 2.05) is 41.9 Å². The molecule has 0 amide bonds. The summed E-state index contributed by atoms with van der Waals surface area (Å²) in [6, 6.07) is 178. The first-order chi connectivity index (χ1) is 67.9. The molecular weight excluding hydrogens is 1680 g/mol. The van der Waals surface area contributed by atoms with Crippen LogP contribution in [-0.4, -0.2) is 38.2 Å². The van der Waals surface area contributed by atoms with Gasteiger partial charge in [-0.15, -0.1) is 11.3 Å². The Morgan fingerprint density at radius 1 is 0.161 bits per heavy atom. The Bertz CT molecular complexity index is 9160. The number of thiophene rings is 1. The molecule has 0 N–H and O–H groups in total. The average Bonchev–Trinajstić information content (AvgIpc) is 1.58. The van der Waals surface area contributed by atoms with E-state index >= 15 is 0 Å². The largest absolute Gasteiger partial charge is 0.309 e. The van der Waals surface area contributed by atoms with Crippen molar-refractivity contribution in [3.05, 3.63) is 510 Å². The van der Waals surface area contributed by atoms with Gasteiger partial charge in [-0.3, -0.25) is 9.13 Å². The summed E-state index contributed by atoms with van der Waals surface area (Å²) >= 11 is 1.86. The molecule has 0 unspecified atom stereocenters. The van der Waals surface area contributed by atoms with Crippen LogP contribution >= 0.6 is 11.3 Å². The SMILES string of the molecule is c1ccc(-c2ccc(-c3cccc(-c4cccc(-n5c6ccccc6c6cc(-n7c8ccccc8c8ccccc87)ccc65)c4)c3)cc2)cc1.c1ccc(-c2ccc(-c3cccc(-c4ccnc(-n5c6ccccc6c6ccccc65)n4)c3)cc2)cc1.c1ccc(-c2cccc(-c3ccc(-c4ccnc(-n5c6ccccc6c6ccc(-c7cccc8c7sc7ccccc78)cc65)n4)cc3)c2)cc1. The summed E-state index contributed by atoms with van der Waals surface area (Å²) in [4.78, 5) is 19.7. The minimum absolute atomic E-state index is 0.658. The molecule has 0 aliphatic heterocycles. The van der Waals surface area contributed by atoms with Crippen LogP contribution in [0.1, 0.15) is 0 Å². The van der Waals surface area contributed by atoms with Gasteiger partial charge in [-0.25, -0.2) is 19.9 Å². The summed E-state index contributed by atoms with van der Waals surface area (Å²) in [6.07, 6.45) is 3.72. The van der Waals surface area contributed by atoms with Gasteiger partial charge in [0.2, 0.25) is 11.9 Å². The highest BCUT2D eigenvalue weighted by atomic mass is 32.1. The molecule has 9 heteroatoms. The van der Waals surface area contributed by atoms with Crippen molar-refractivity contribution in [1.82, 2.24) is 38.2 Å². The van der Waals surface area contributed by atoms with Crippen LogP contribution in [0.25, 0.3) is 242 Å². The van der Waals surface area contributed by atoms with Crippen molar-refractivity contribution in [3.8, 4) is 135 Å². The fraction of sp³-hybridized carbons (Fsp3) is 0. The number of rotatable bonds is 14. The molecule has 8 nitrogen and oxygen atoms in total. The molecule has 0 bridgehead atoms. The van der Waals surface area contributed by atoms with E-state index < -0.39 is 0 Å². The molecule has 27 rings (SSSR count). The van der Waals surface area contributed by atoms with E-state index in [2.05, 4.69) is 502 Å². The zero-order valence-electron chi connectivity index (χ0n) is 74.5. The lowest BCUT2D eigenvalue weighted by Gasteiger charge is -2.12.